The standard InChI is InChI=1S/C15H31O/c1-4-7-9-10-12-14-15(16-6-3)13-11-8-5-2/h15H,3-14H2,1-2H3. The molecule has 0 saturated heterocycles. The summed E-state index contributed by atoms with van der Waals surface area (Å²) in [7, 11) is 0. The second kappa shape index (κ2) is 13.0. The van der Waals surface area contributed by atoms with Gasteiger partial charge in [-0.25, -0.2) is 0 Å². The molecule has 97 valence electrons. The van der Waals surface area contributed by atoms with Gasteiger partial charge in [0.15, 0.2) is 0 Å². The molecule has 0 aliphatic heterocycles. The van der Waals surface area contributed by atoms with Crippen molar-refractivity contribution in [1.29, 1.82) is 0 Å². The van der Waals surface area contributed by atoms with Gasteiger partial charge in [-0.05, 0) is 19.8 Å². The fourth-order valence-corrected chi connectivity index (χ4v) is 2.08. The topological polar surface area (TPSA) is 9.23 Å². The number of hydrogen-bond donors (Lipinski definition) is 0. The minimum Gasteiger partial charge on any atom is -0.378 e. The molecule has 0 aromatic carbocycles. The van der Waals surface area contributed by atoms with Crippen LogP contribution in [0.2, 0.25) is 0 Å². The van der Waals surface area contributed by atoms with Crippen molar-refractivity contribution >= 4 is 0 Å². The molecule has 0 saturated carbocycles. The smallest absolute Gasteiger partial charge is 0.0575 e. The molecule has 1 radical (unpaired) electrons. The minimum absolute atomic E-state index is 0.477. The van der Waals surface area contributed by atoms with Gasteiger partial charge in [0.1, 0.15) is 0 Å². The Morgan fingerprint density at radius 3 is 1.88 bits per heavy atom. The lowest BCUT2D eigenvalue weighted by Crippen LogP contribution is -2.12. The number of unbranched alkanes of at least 4 members (excludes halogenated alkanes) is 6. The lowest BCUT2D eigenvalue weighted by molar-refractivity contribution is 0.0564. The highest BCUT2D eigenvalue weighted by atomic mass is 16.5. The molecule has 0 fully saturated rings. The predicted molar refractivity (Wildman–Crippen MR) is 72.6 cm³/mol. The Morgan fingerprint density at radius 2 is 1.31 bits per heavy atom. The van der Waals surface area contributed by atoms with E-state index in [0.717, 1.165) is 0 Å². The van der Waals surface area contributed by atoms with Crippen LogP contribution in [0.3, 0.4) is 0 Å². The van der Waals surface area contributed by atoms with Crippen LogP contribution in [0.4, 0.5) is 0 Å². The van der Waals surface area contributed by atoms with E-state index in [4.69, 9.17) is 4.74 Å². The average Bonchev–Trinajstić information content (AvgIpc) is 2.29. The Hall–Kier alpha value is -0.0400. The maximum atomic E-state index is 5.68. The molecule has 0 aromatic rings. The van der Waals surface area contributed by atoms with Gasteiger partial charge >= 0.3 is 0 Å². The summed E-state index contributed by atoms with van der Waals surface area (Å²) in [5.74, 6) is 0. The van der Waals surface area contributed by atoms with Crippen molar-refractivity contribution in [2.24, 2.45) is 0 Å². The van der Waals surface area contributed by atoms with Gasteiger partial charge in [0.2, 0.25) is 0 Å². The Kier molecular flexibility index (Phi) is 13.0. The Bertz CT molecular complexity index is 123. The fourth-order valence-electron chi connectivity index (χ4n) is 2.08. The molecular weight excluding hydrogens is 196 g/mol. The van der Waals surface area contributed by atoms with E-state index in [2.05, 4.69) is 20.8 Å². The third-order valence-electron chi connectivity index (χ3n) is 3.11. The third kappa shape index (κ3) is 10.5. The van der Waals surface area contributed by atoms with Gasteiger partial charge in [-0.1, -0.05) is 65.2 Å². The van der Waals surface area contributed by atoms with Crippen LogP contribution in [0.15, 0.2) is 0 Å². The Balaban J connectivity index is 3.43. The van der Waals surface area contributed by atoms with Gasteiger partial charge in [0.25, 0.3) is 0 Å². The van der Waals surface area contributed by atoms with Crippen LogP contribution in [0.1, 0.15) is 78.1 Å². The van der Waals surface area contributed by atoms with Gasteiger partial charge in [-0.2, -0.15) is 0 Å². The zero-order valence-corrected chi connectivity index (χ0v) is 11.5. The molecule has 0 bridgehead atoms. The van der Waals surface area contributed by atoms with Crippen molar-refractivity contribution in [2.75, 3.05) is 6.61 Å². The predicted octanol–water partition coefficient (Wildman–Crippen LogP) is 5.15. The van der Waals surface area contributed by atoms with E-state index in [9.17, 15) is 0 Å². The van der Waals surface area contributed by atoms with Crippen molar-refractivity contribution < 1.29 is 4.74 Å². The quantitative estimate of drug-likeness (QED) is 0.419. The van der Waals surface area contributed by atoms with E-state index < -0.39 is 0 Å². The van der Waals surface area contributed by atoms with Crippen LogP contribution in [0, 0.1) is 6.92 Å². The van der Waals surface area contributed by atoms with Gasteiger partial charge in [0, 0.05) is 6.61 Å². The number of ether oxygens (including phenoxy) is 1. The molecule has 0 aliphatic rings. The first kappa shape index (κ1) is 16.0. The van der Waals surface area contributed by atoms with Crippen LogP contribution in [0.5, 0.6) is 0 Å². The molecule has 0 rings (SSSR count). The number of rotatable bonds is 12. The summed E-state index contributed by atoms with van der Waals surface area (Å²) in [4.78, 5) is 0. The van der Waals surface area contributed by atoms with Gasteiger partial charge in [-0.15, -0.1) is 0 Å². The lowest BCUT2D eigenvalue weighted by atomic mass is 10.0. The SMILES string of the molecule is [CH2]COC(CCCCC)CCCCCCC. The molecule has 0 spiro atoms. The molecule has 0 N–H and O–H groups in total. The van der Waals surface area contributed by atoms with E-state index in [0.29, 0.717) is 12.7 Å². The molecule has 0 heterocycles. The summed E-state index contributed by atoms with van der Waals surface area (Å²) in [6.45, 7) is 8.94. The first-order valence-corrected chi connectivity index (χ1v) is 7.26. The molecular formula is C15H31O. The van der Waals surface area contributed by atoms with Gasteiger partial charge < -0.3 is 4.74 Å². The Morgan fingerprint density at radius 1 is 0.812 bits per heavy atom. The highest BCUT2D eigenvalue weighted by Crippen LogP contribution is 2.15. The van der Waals surface area contributed by atoms with E-state index in [1.807, 2.05) is 0 Å². The second-order valence-corrected chi connectivity index (χ2v) is 4.69. The van der Waals surface area contributed by atoms with E-state index in [1.165, 1.54) is 64.2 Å². The number of hydrogen-bond acceptors (Lipinski definition) is 1. The van der Waals surface area contributed by atoms with Gasteiger partial charge in [0.05, 0.1) is 6.10 Å². The van der Waals surface area contributed by atoms with Crippen molar-refractivity contribution in [3.63, 3.8) is 0 Å². The molecule has 1 atom stereocenters. The van der Waals surface area contributed by atoms with Crippen LogP contribution in [0.25, 0.3) is 0 Å². The summed E-state index contributed by atoms with van der Waals surface area (Å²) in [5.41, 5.74) is 0. The first-order chi connectivity index (χ1) is 7.85. The first-order valence-electron chi connectivity index (χ1n) is 7.26. The normalized spacial score (nSPS) is 12.9. The summed E-state index contributed by atoms with van der Waals surface area (Å²) in [5, 5.41) is 0. The maximum absolute atomic E-state index is 5.68. The van der Waals surface area contributed by atoms with Crippen LogP contribution in [-0.4, -0.2) is 12.7 Å². The van der Waals surface area contributed by atoms with Crippen molar-refractivity contribution in [3.8, 4) is 0 Å². The van der Waals surface area contributed by atoms with Crippen molar-refractivity contribution in [2.45, 2.75) is 84.2 Å². The summed E-state index contributed by atoms with van der Waals surface area (Å²) in [6.07, 6.45) is 13.7. The maximum Gasteiger partial charge on any atom is 0.0575 e. The van der Waals surface area contributed by atoms with E-state index in [-0.39, 0.29) is 0 Å². The molecule has 1 heteroatoms. The molecule has 16 heavy (non-hydrogen) atoms. The zero-order chi connectivity index (χ0) is 12.1. The summed E-state index contributed by atoms with van der Waals surface area (Å²) < 4.78 is 5.68. The monoisotopic (exact) mass is 227 g/mol. The molecule has 0 aromatic heterocycles. The minimum atomic E-state index is 0.477. The van der Waals surface area contributed by atoms with E-state index >= 15 is 0 Å². The third-order valence-corrected chi connectivity index (χ3v) is 3.11. The molecule has 0 amide bonds. The van der Waals surface area contributed by atoms with Crippen molar-refractivity contribution in [1.82, 2.24) is 0 Å². The van der Waals surface area contributed by atoms with E-state index in [1.54, 1.807) is 0 Å². The molecule has 1 nitrogen and oxygen atoms in total. The highest BCUT2D eigenvalue weighted by Gasteiger charge is 2.07. The van der Waals surface area contributed by atoms with Crippen LogP contribution >= 0.6 is 0 Å². The fraction of sp³-hybridized carbons (Fsp3) is 0.933. The Labute approximate surface area is 103 Å². The highest BCUT2D eigenvalue weighted by molar-refractivity contribution is 4.60. The average molecular weight is 227 g/mol. The largest absolute Gasteiger partial charge is 0.378 e. The van der Waals surface area contributed by atoms with Gasteiger partial charge in [-0.3, -0.25) is 0 Å². The van der Waals surface area contributed by atoms with Crippen LogP contribution < -0.4 is 0 Å². The van der Waals surface area contributed by atoms with Crippen molar-refractivity contribution in [3.05, 3.63) is 6.92 Å². The lowest BCUT2D eigenvalue weighted by Gasteiger charge is -2.16. The second-order valence-electron chi connectivity index (χ2n) is 4.69. The van der Waals surface area contributed by atoms with Crippen LogP contribution in [-0.2, 0) is 4.74 Å². The molecule has 0 aliphatic carbocycles. The summed E-state index contributed by atoms with van der Waals surface area (Å²) >= 11 is 0. The molecule has 1 unspecified atom stereocenters. The summed E-state index contributed by atoms with van der Waals surface area (Å²) in [6, 6.07) is 0. The zero-order valence-electron chi connectivity index (χ0n) is 11.5.